The topological polar surface area (TPSA) is 152 Å². The summed E-state index contributed by atoms with van der Waals surface area (Å²) in [4.78, 5) is 65.0. The predicted octanol–water partition coefficient (Wildman–Crippen LogP) is 2.71. The molecule has 38 heavy (non-hydrogen) atoms. The van der Waals surface area contributed by atoms with Crippen molar-refractivity contribution in [3.63, 3.8) is 0 Å². The Hall–Kier alpha value is -5.00. The van der Waals surface area contributed by atoms with E-state index in [1.807, 2.05) is 6.92 Å². The Morgan fingerprint density at radius 1 is 0.763 bits per heavy atom. The predicted molar refractivity (Wildman–Crippen MR) is 132 cm³/mol. The Kier molecular flexibility index (Phi) is 8.26. The van der Waals surface area contributed by atoms with Crippen LogP contribution in [0.3, 0.4) is 0 Å². The molecule has 1 aliphatic heterocycles. The molecule has 0 amide bonds. The molecular formula is C26H24N2O10. The highest BCUT2D eigenvalue weighted by atomic mass is 16.6. The van der Waals surface area contributed by atoms with Gasteiger partial charge in [-0.05, 0) is 24.6 Å². The van der Waals surface area contributed by atoms with Gasteiger partial charge in [-0.3, -0.25) is 15.0 Å². The first-order valence-electron chi connectivity index (χ1n) is 11.0. The number of non-ortho nitro benzene ring substituents is 1. The van der Waals surface area contributed by atoms with Gasteiger partial charge in [0.2, 0.25) is 0 Å². The van der Waals surface area contributed by atoms with Gasteiger partial charge in [0.15, 0.2) is 0 Å². The number of nitro benzene ring substituents is 1. The fourth-order valence-corrected chi connectivity index (χ4v) is 4.12. The number of rotatable bonds is 7. The van der Waals surface area contributed by atoms with Gasteiger partial charge in [0, 0.05) is 17.8 Å². The van der Waals surface area contributed by atoms with Gasteiger partial charge in [-0.1, -0.05) is 29.8 Å². The number of benzene rings is 2. The largest absolute Gasteiger partial charge is 0.466 e. The van der Waals surface area contributed by atoms with Crippen molar-refractivity contribution in [2.24, 2.45) is 0 Å². The number of nitrogens with zero attached hydrogens (tertiary/aromatic N) is 2. The first kappa shape index (κ1) is 27.6. The Morgan fingerprint density at radius 2 is 1.24 bits per heavy atom. The molecule has 0 saturated heterocycles. The van der Waals surface area contributed by atoms with E-state index < -0.39 is 57.3 Å². The number of carbonyl (C=O) groups excluding carboxylic acids is 4. The van der Waals surface area contributed by atoms with Crippen LogP contribution in [0.5, 0.6) is 0 Å². The molecule has 3 rings (SSSR count). The molecule has 0 radical (unpaired) electrons. The number of nitro groups is 1. The van der Waals surface area contributed by atoms with Gasteiger partial charge in [-0.2, -0.15) is 0 Å². The summed E-state index contributed by atoms with van der Waals surface area (Å²) in [7, 11) is 4.25. The van der Waals surface area contributed by atoms with Crippen LogP contribution in [0.1, 0.15) is 17.0 Å². The minimum Gasteiger partial charge on any atom is -0.466 e. The molecule has 2 aromatic rings. The van der Waals surface area contributed by atoms with E-state index in [0.717, 1.165) is 45.0 Å². The number of ether oxygens (including phenoxy) is 4. The molecule has 12 nitrogen and oxygen atoms in total. The highest BCUT2D eigenvalue weighted by Crippen LogP contribution is 2.46. The van der Waals surface area contributed by atoms with Crippen LogP contribution >= 0.6 is 0 Å². The average molecular weight is 524 g/mol. The van der Waals surface area contributed by atoms with E-state index >= 15 is 0 Å². The van der Waals surface area contributed by atoms with E-state index in [1.165, 1.54) is 18.2 Å². The van der Waals surface area contributed by atoms with Gasteiger partial charge in [-0.15, -0.1) is 0 Å². The zero-order chi connectivity index (χ0) is 28.1. The molecule has 0 fully saturated rings. The SMILES string of the molecule is COC(=O)C1=C(C(=O)OC)N(c2ccc(C)cc2)C(C(=O)OC)=C(C(=O)OC)C1c1cccc([N+](=O)[O-])c1. The van der Waals surface area contributed by atoms with Crippen molar-refractivity contribution in [1.29, 1.82) is 0 Å². The lowest BCUT2D eigenvalue weighted by Gasteiger charge is -2.37. The molecule has 0 atom stereocenters. The normalized spacial score (nSPS) is 13.7. The molecule has 198 valence electrons. The summed E-state index contributed by atoms with van der Waals surface area (Å²) in [6.07, 6.45) is 0. The van der Waals surface area contributed by atoms with Gasteiger partial charge in [0.25, 0.3) is 5.69 Å². The second-order valence-electron chi connectivity index (χ2n) is 7.95. The number of esters is 4. The van der Waals surface area contributed by atoms with E-state index in [1.54, 1.807) is 24.3 Å². The maximum absolute atomic E-state index is 13.3. The van der Waals surface area contributed by atoms with Crippen molar-refractivity contribution < 1.29 is 43.0 Å². The summed E-state index contributed by atoms with van der Waals surface area (Å²) in [6.45, 7) is 1.81. The maximum atomic E-state index is 13.3. The van der Waals surface area contributed by atoms with Crippen LogP contribution in [0.15, 0.2) is 71.1 Å². The molecule has 0 unspecified atom stereocenters. The van der Waals surface area contributed by atoms with Gasteiger partial charge in [0.1, 0.15) is 11.4 Å². The lowest BCUT2D eigenvalue weighted by Crippen LogP contribution is -2.42. The number of hydrogen-bond donors (Lipinski definition) is 0. The highest BCUT2D eigenvalue weighted by molar-refractivity contribution is 6.14. The Bertz CT molecular complexity index is 1320. The number of hydrogen-bond acceptors (Lipinski definition) is 11. The van der Waals surface area contributed by atoms with Crippen LogP contribution in [0.2, 0.25) is 0 Å². The number of methoxy groups -OCH3 is 4. The molecule has 2 aromatic carbocycles. The van der Waals surface area contributed by atoms with E-state index in [2.05, 4.69) is 0 Å². The van der Waals surface area contributed by atoms with Crippen molar-refractivity contribution in [2.75, 3.05) is 33.3 Å². The molecule has 0 bridgehead atoms. The van der Waals surface area contributed by atoms with Crippen molar-refractivity contribution in [3.05, 3.63) is 92.3 Å². The molecule has 0 saturated carbocycles. The average Bonchev–Trinajstić information content (AvgIpc) is 2.94. The third-order valence-electron chi connectivity index (χ3n) is 5.81. The van der Waals surface area contributed by atoms with Crippen LogP contribution in [0, 0.1) is 17.0 Å². The third-order valence-corrected chi connectivity index (χ3v) is 5.81. The zero-order valence-electron chi connectivity index (χ0n) is 21.2. The summed E-state index contributed by atoms with van der Waals surface area (Å²) in [5.41, 5.74) is -1.00. The lowest BCUT2D eigenvalue weighted by atomic mass is 9.78. The molecule has 1 heterocycles. The second kappa shape index (κ2) is 11.4. The molecule has 0 aliphatic carbocycles. The minimum atomic E-state index is -1.51. The van der Waals surface area contributed by atoms with Crippen molar-refractivity contribution in [2.45, 2.75) is 12.8 Å². The summed E-state index contributed by atoms with van der Waals surface area (Å²) in [5, 5.41) is 11.5. The summed E-state index contributed by atoms with van der Waals surface area (Å²) < 4.78 is 19.9. The zero-order valence-corrected chi connectivity index (χ0v) is 21.2. The van der Waals surface area contributed by atoms with Crippen LogP contribution in [-0.2, 0) is 38.1 Å². The monoisotopic (exact) mass is 524 g/mol. The Morgan fingerprint density at radius 3 is 1.66 bits per heavy atom. The molecule has 12 heteroatoms. The highest BCUT2D eigenvalue weighted by Gasteiger charge is 2.48. The summed E-state index contributed by atoms with van der Waals surface area (Å²) in [6, 6.07) is 11.5. The molecule has 0 N–H and O–H groups in total. The maximum Gasteiger partial charge on any atom is 0.355 e. The standard InChI is InChI=1S/C26H24N2O10/c1-14-9-11-16(12-10-14)27-21(25(31)37-4)19(23(29)35-2)18(15-7-6-8-17(13-15)28(33)34)20(24(30)36-3)22(27)26(32)38-5/h6-13,18H,1-5H3. The molecular weight excluding hydrogens is 500 g/mol. The number of aryl methyl sites for hydroxylation is 1. The first-order valence-corrected chi connectivity index (χ1v) is 11.0. The third kappa shape index (κ3) is 4.96. The molecule has 0 spiro atoms. The first-order chi connectivity index (χ1) is 18.1. The van der Waals surface area contributed by atoms with Gasteiger partial charge < -0.3 is 18.9 Å². The van der Waals surface area contributed by atoms with Crippen LogP contribution < -0.4 is 4.90 Å². The quantitative estimate of drug-likeness (QED) is 0.227. The number of carbonyl (C=O) groups is 4. The van der Waals surface area contributed by atoms with Crippen LogP contribution in [0.4, 0.5) is 11.4 Å². The van der Waals surface area contributed by atoms with E-state index in [0.29, 0.717) is 0 Å². The fraction of sp³-hybridized carbons (Fsp3) is 0.231. The van der Waals surface area contributed by atoms with E-state index in [9.17, 15) is 29.3 Å². The number of anilines is 1. The molecule has 0 aromatic heterocycles. The van der Waals surface area contributed by atoms with Crippen LogP contribution in [-0.4, -0.2) is 57.2 Å². The summed E-state index contributed by atoms with van der Waals surface area (Å²) in [5.74, 6) is -5.72. The summed E-state index contributed by atoms with van der Waals surface area (Å²) >= 11 is 0. The molecule has 1 aliphatic rings. The lowest BCUT2D eigenvalue weighted by molar-refractivity contribution is -0.384. The van der Waals surface area contributed by atoms with Crippen LogP contribution in [0.25, 0.3) is 0 Å². The van der Waals surface area contributed by atoms with Crippen molar-refractivity contribution in [1.82, 2.24) is 0 Å². The van der Waals surface area contributed by atoms with Crippen molar-refractivity contribution >= 4 is 35.3 Å². The smallest absolute Gasteiger partial charge is 0.355 e. The van der Waals surface area contributed by atoms with Gasteiger partial charge in [0.05, 0.1) is 50.4 Å². The van der Waals surface area contributed by atoms with Gasteiger partial charge >= 0.3 is 23.9 Å². The van der Waals surface area contributed by atoms with Crippen molar-refractivity contribution in [3.8, 4) is 0 Å². The van der Waals surface area contributed by atoms with Gasteiger partial charge in [-0.25, -0.2) is 19.2 Å². The second-order valence-corrected chi connectivity index (χ2v) is 7.95. The minimum absolute atomic E-state index is 0.0337. The van der Waals surface area contributed by atoms with E-state index in [4.69, 9.17) is 18.9 Å². The Labute approximate surface area is 217 Å². The van der Waals surface area contributed by atoms with E-state index in [-0.39, 0.29) is 16.9 Å². The Balaban J connectivity index is 2.59. The fourth-order valence-electron chi connectivity index (χ4n) is 4.12.